The van der Waals surface area contributed by atoms with E-state index in [1.807, 2.05) is 0 Å². The largest absolute Gasteiger partial charge is 0.341 e. The lowest BCUT2D eigenvalue weighted by Crippen LogP contribution is -2.39. The minimum Gasteiger partial charge on any atom is -0.341 e. The third kappa shape index (κ3) is 3.64. The fourth-order valence-corrected chi connectivity index (χ4v) is 2.71. The molecule has 1 aliphatic rings. The Morgan fingerprint density at radius 3 is 2.48 bits per heavy atom. The van der Waals surface area contributed by atoms with Gasteiger partial charge >= 0.3 is 0 Å². The van der Waals surface area contributed by atoms with Gasteiger partial charge in [-0.2, -0.15) is 0 Å². The molecule has 0 bridgehead atoms. The molecule has 3 rings (SSSR count). The van der Waals surface area contributed by atoms with Gasteiger partial charge in [0.15, 0.2) is 0 Å². The van der Waals surface area contributed by atoms with Crippen molar-refractivity contribution in [1.82, 2.24) is 14.5 Å². The van der Waals surface area contributed by atoms with E-state index in [0.717, 1.165) is 32.4 Å². The highest BCUT2D eigenvalue weighted by atomic mass is 19.1. The average Bonchev–Trinajstić information content (AvgIpc) is 2.58. The highest BCUT2D eigenvalue weighted by Gasteiger charge is 2.17. The van der Waals surface area contributed by atoms with Crippen LogP contribution in [0.2, 0.25) is 0 Å². The number of carbonyl (C=O) groups excluding carboxylic acids is 1. The molecule has 0 N–H and O–H groups in total. The second-order valence-corrected chi connectivity index (χ2v) is 5.69. The van der Waals surface area contributed by atoms with Crippen molar-refractivity contribution in [3.05, 3.63) is 52.8 Å². The first kappa shape index (κ1) is 15.4. The van der Waals surface area contributed by atoms with Crippen molar-refractivity contribution < 1.29 is 9.18 Å². The lowest BCUT2D eigenvalue weighted by atomic mass is 10.1. The molecule has 1 amide bonds. The first-order chi connectivity index (χ1) is 11.1. The normalized spacial score (nSPS) is 14.7. The predicted octanol–water partition coefficient (Wildman–Crippen LogP) is 2.06. The zero-order valence-corrected chi connectivity index (χ0v) is 12.7. The zero-order valence-electron chi connectivity index (χ0n) is 12.7. The number of piperidine rings is 1. The molecule has 0 spiro atoms. The number of halogens is 1. The fourth-order valence-electron chi connectivity index (χ4n) is 2.71. The summed E-state index contributed by atoms with van der Waals surface area (Å²) in [5.41, 5.74) is 0.847. The molecule has 0 unspecified atom stereocenters. The van der Waals surface area contributed by atoms with Crippen LogP contribution in [0.25, 0.3) is 11.3 Å². The highest BCUT2D eigenvalue weighted by molar-refractivity contribution is 5.76. The second kappa shape index (κ2) is 6.73. The van der Waals surface area contributed by atoms with Crippen LogP contribution in [0.1, 0.15) is 19.3 Å². The monoisotopic (exact) mass is 315 g/mol. The van der Waals surface area contributed by atoms with Crippen LogP contribution in [0, 0.1) is 5.82 Å². The van der Waals surface area contributed by atoms with Crippen LogP contribution in [-0.4, -0.2) is 33.4 Å². The zero-order chi connectivity index (χ0) is 16.2. The van der Waals surface area contributed by atoms with Crippen LogP contribution in [0.5, 0.6) is 0 Å². The summed E-state index contributed by atoms with van der Waals surface area (Å²) in [5.74, 6) is -0.391. The van der Waals surface area contributed by atoms with Crippen LogP contribution in [0.15, 0.2) is 41.5 Å². The van der Waals surface area contributed by atoms with E-state index in [1.165, 1.54) is 29.1 Å². The predicted molar refractivity (Wildman–Crippen MR) is 84.3 cm³/mol. The number of hydrogen-bond donors (Lipinski definition) is 0. The average molecular weight is 315 g/mol. The molecule has 0 aliphatic carbocycles. The Kier molecular flexibility index (Phi) is 4.50. The van der Waals surface area contributed by atoms with Gasteiger partial charge in [-0.3, -0.25) is 14.2 Å². The summed E-state index contributed by atoms with van der Waals surface area (Å²) in [7, 11) is 0. The van der Waals surface area contributed by atoms with Crippen molar-refractivity contribution >= 4 is 5.91 Å². The van der Waals surface area contributed by atoms with Gasteiger partial charge in [-0.15, -0.1) is 0 Å². The molecule has 2 heterocycles. The van der Waals surface area contributed by atoms with Crippen LogP contribution >= 0.6 is 0 Å². The van der Waals surface area contributed by atoms with Gasteiger partial charge in [-0.25, -0.2) is 9.37 Å². The second-order valence-electron chi connectivity index (χ2n) is 5.69. The molecule has 6 heteroatoms. The lowest BCUT2D eigenvalue weighted by molar-refractivity contribution is -0.132. The maximum Gasteiger partial charge on any atom is 0.254 e. The number of carbonyl (C=O) groups is 1. The molecule has 1 aliphatic heterocycles. The first-order valence-electron chi connectivity index (χ1n) is 7.74. The Morgan fingerprint density at radius 1 is 1.13 bits per heavy atom. The minimum absolute atomic E-state index is 0.00946. The molecular weight excluding hydrogens is 297 g/mol. The summed E-state index contributed by atoms with van der Waals surface area (Å²) in [4.78, 5) is 30.4. The Hall–Kier alpha value is -2.50. The van der Waals surface area contributed by atoms with Gasteiger partial charge in [0.2, 0.25) is 5.91 Å². The third-order valence-corrected chi connectivity index (χ3v) is 4.03. The van der Waals surface area contributed by atoms with Gasteiger partial charge in [0, 0.05) is 24.7 Å². The lowest BCUT2D eigenvalue weighted by Gasteiger charge is -2.26. The van der Waals surface area contributed by atoms with Crippen molar-refractivity contribution in [3.63, 3.8) is 0 Å². The summed E-state index contributed by atoms with van der Waals surface area (Å²) in [6.07, 6.45) is 4.56. The molecule has 1 fully saturated rings. The molecule has 0 saturated carbocycles. The molecule has 5 nitrogen and oxygen atoms in total. The summed E-state index contributed by atoms with van der Waals surface area (Å²) < 4.78 is 14.2. The smallest absolute Gasteiger partial charge is 0.254 e. The number of hydrogen-bond acceptors (Lipinski definition) is 3. The first-order valence-corrected chi connectivity index (χ1v) is 7.74. The summed E-state index contributed by atoms with van der Waals surface area (Å²) >= 11 is 0. The van der Waals surface area contributed by atoms with E-state index in [0.29, 0.717) is 11.3 Å². The van der Waals surface area contributed by atoms with E-state index in [4.69, 9.17) is 0 Å². The minimum atomic E-state index is -0.339. The van der Waals surface area contributed by atoms with E-state index in [2.05, 4.69) is 4.98 Å². The van der Waals surface area contributed by atoms with E-state index in [1.54, 1.807) is 17.0 Å². The van der Waals surface area contributed by atoms with Crippen LogP contribution in [0.4, 0.5) is 4.39 Å². The Labute approximate surface area is 133 Å². The molecular formula is C17H18FN3O2. The molecule has 0 atom stereocenters. The van der Waals surface area contributed by atoms with Crippen molar-refractivity contribution in [1.29, 1.82) is 0 Å². The van der Waals surface area contributed by atoms with Gasteiger partial charge < -0.3 is 4.90 Å². The Balaban J connectivity index is 1.75. The number of likely N-dealkylation sites (tertiary alicyclic amines) is 1. The summed E-state index contributed by atoms with van der Waals surface area (Å²) in [6, 6.07) is 7.15. The van der Waals surface area contributed by atoms with Gasteiger partial charge in [0.1, 0.15) is 12.4 Å². The maximum absolute atomic E-state index is 12.9. The summed E-state index contributed by atoms with van der Waals surface area (Å²) in [6.45, 7) is 1.53. The van der Waals surface area contributed by atoms with Gasteiger partial charge in [-0.1, -0.05) is 0 Å². The van der Waals surface area contributed by atoms with Crippen LogP contribution in [-0.2, 0) is 11.3 Å². The Morgan fingerprint density at radius 2 is 1.83 bits per heavy atom. The van der Waals surface area contributed by atoms with Gasteiger partial charge in [0.25, 0.3) is 5.56 Å². The van der Waals surface area contributed by atoms with Crippen molar-refractivity contribution in [2.45, 2.75) is 25.8 Å². The SMILES string of the molecule is O=C(Cn1cnc(-c2ccc(F)cc2)cc1=O)N1CCCCC1. The number of nitrogens with zero attached hydrogens (tertiary/aromatic N) is 3. The molecule has 120 valence electrons. The van der Waals surface area contributed by atoms with E-state index < -0.39 is 0 Å². The maximum atomic E-state index is 12.9. The van der Waals surface area contributed by atoms with Crippen molar-refractivity contribution in [2.24, 2.45) is 0 Å². The van der Waals surface area contributed by atoms with Crippen molar-refractivity contribution in [3.8, 4) is 11.3 Å². The Bertz CT molecular complexity index is 749. The van der Waals surface area contributed by atoms with Crippen LogP contribution in [0.3, 0.4) is 0 Å². The van der Waals surface area contributed by atoms with E-state index in [-0.39, 0.29) is 23.8 Å². The van der Waals surface area contributed by atoms with E-state index in [9.17, 15) is 14.0 Å². The van der Waals surface area contributed by atoms with Crippen LogP contribution < -0.4 is 5.56 Å². The molecule has 1 saturated heterocycles. The van der Waals surface area contributed by atoms with Crippen molar-refractivity contribution in [2.75, 3.05) is 13.1 Å². The van der Waals surface area contributed by atoms with Gasteiger partial charge in [0.05, 0.1) is 12.0 Å². The van der Waals surface area contributed by atoms with E-state index >= 15 is 0 Å². The van der Waals surface area contributed by atoms with Gasteiger partial charge in [-0.05, 0) is 43.5 Å². The quantitative estimate of drug-likeness (QED) is 0.871. The third-order valence-electron chi connectivity index (χ3n) is 4.03. The number of amides is 1. The summed E-state index contributed by atoms with van der Waals surface area (Å²) in [5, 5.41) is 0. The molecule has 1 aromatic carbocycles. The molecule has 1 aromatic heterocycles. The fraction of sp³-hybridized carbons (Fsp3) is 0.353. The number of rotatable bonds is 3. The molecule has 2 aromatic rings. The standard InChI is InChI=1S/C17H18FN3O2/c18-14-6-4-13(5-7-14)15-10-16(22)21(12-19-15)11-17(23)20-8-2-1-3-9-20/h4-7,10,12H,1-3,8-9,11H2. The molecule has 23 heavy (non-hydrogen) atoms. The highest BCUT2D eigenvalue weighted by Crippen LogP contribution is 2.15. The topological polar surface area (TPSA) is 55.2 Å². The molecule has 0 radical (unpaired) electrons. The number of aromatic nitrogens is 2. The number of benzene rings is 1.